The molecule has 0 aliphatic heterocycles. The summed E-state index contributed by atoms with van der Waals surface area (Å²) >= 11 is 0. The second-order valence-corrected chi connectivity index (χ2v) is 4.00. The molecule has 0 saturated heterocycles. The minimum Gasteiger partial charge on any atom is -0.319 e. The van der Waals surface area contributed by atoms with Crippen molar-refractivity contribution in [3.05, 3.63) is 0 Å². The molecule has 1 N–H and O–H groups in total. The summed E-state index contributed by atoms with van der Waals surface area (Å²) in [5, 5.41) is 2.98. The first-order chi connectivity index (χ1) is 5.97. The highest BCUT2D eigenvalue weighted by Crippen LogP contribution is 2.45. The summed E-state index contributed by atoms with van der Waals surface area (Å²) in [6, 6.07) is 0. The minimum atomic E-state index is -3.99. The van der Waals surface area contributed by atoms with Gasteiger partial charge >= 0.3 is 6.18 Å². The van der Waals surface area contributed by atoms with E-state index in [1.54, 1.807) is 7.05 Å². The van der Waals surface area contributed by atoms with E-state index in [1.165, 1.54) is 0 Å². The maximum Gasteiger partial charge on any atom is 0.389 e. The van der Waals surface area contributed by atoms with E-state index >= 15 is 0 Å². The Bertz CT molecular complexity index is 161. The predicted molar refractivity (Wildman–Crippen MR) is 45.5 cm³/mol. The molecule has 0 bridgehead atoms. The molecule has 0 heterocycles. The third-order valence-electron chi connectivity index (χ3n) is 2.90. The molecule has 0 atom stereocenters. The van der Waals surface area contributed by atoms with Gasteiger partial charge in [0.15, 0.2) is 0 Å². The first kappa shape index (κ1) is 10.8. The van der Waals surface area contributed by atoms with Crippen LogP contribution in [0.5, 0.6) is 0 Å². The standard InChI is InChI=1S/C9H16F3N/c1-13-7-8(3-2-4-8)5-6-9(10,11)12/h13H,2-7H2,1H3. The van der Waals surface area contributed by atoms with E-state index in [0.29, 0.717) is 0 Å². The predicted octanol–water partition coefficient (Wildman–Crippen LogP) is 2.72. The fourth-order valence-corrected chi connectivity index (χ4v) is 1.97. The van der Waals surface area contributed by atoms with Gasteiger partial charge in [-0.3, -0.25) is 0 Å². The molecule has 1 fully saturated rings. The summed E-state index contributed by atoms with van der Waals surface area (Å²) < 4.78 is 35.9. The molecule has 0 amide bonds. The molecule has 4 heteroatoms. The van der Waals surface area contributed by atoms with Crippen LogP contribution in [0.25, 0.3) is 0 Å². The Hall–Kier alpha value is -0.250. The fourth-order valence-electron chi connectivity index (χ4n) is 1.97. The number of alkyl halides is 3. The third-order valence-corrected chi connectivity index (χ3v) is 2.90. The Morgan fingerprint density at radius 1 is 1.31 bits per heavy atom. The average molecular weight is 195 g/mol. The minimum absolute atomic E-state index is 0.0513. The van der Waals surface area contributed by atoms with Crippen molar-refractivity contribution >= 4 is 0 Å². The van der Waals surface area contributed by atoms with Crippen LogP contribution in [0.15, 0.2) is 0 Å². The topological polar surface area (TPSA) is 12.0 Å². The van der Waals surface area contributed by atoms with Crippen molar-refractivity contribution in [2.45, 2.75) is 38.3 Å². The van der Waals surface area contributed by atoms with Gasteiger partial charge in [-0.15, -0.1) is 0 Å². The van der Waals surface area contributed by atoms with E-state index < -0.39 is 12.6 Å². The molecule has 1 aliphatic rings. The number of nitrogens with one attached hydrogen (secondary N) is 1. The van der Waals surface area contributed by atoms with Gasteiger partial charge in [0.1, 0.15) is 0 Å². The number of hydrogen-bond donors (Lipinski definition) is 1. The van der Waals surface area contributed by atoms with Crippen molar-refractivity contribution in [1.29, 1.82) is 0 Å². The Morgan fingerprint density at radius 2 is 1.92 bits per heavy atom. The van der Waals surface area contributed by atoms with Gasteiger partial charge in [0.05, 0.1) is 0 Å². The number of hydrogen-bond acceptors (Lipinski definition) is 1. The molecular formula is C9H16F3N. The highest BCUT2D eigenvalue weighted by molar-refractivity contribution is 4.89. The van der Waals surface area contributed by atoms with E-state index in [2.05, 4.69) is 5.32 Å². The van der Waals surface area contributed by atoms with Gasteiger partial charge in [0.2, 0.25) is 0 Å². The monoisotopic (exact) mass is 195 g/mol. The Balaban J connectivity index is 2.32. The second-order valence-electron chi connectivity index (χ2n) is 4.00. The molecule has 1 saturated carbocycles. The van der Waals surface area contributed by atoms with Crippen molar-refractivity contribution < 1.29 is 13.2 Å². The SMILES string of the molecule is CNCC1(CCC(F)(F)F)CCC1. The van der Waals surface area contributed by atoms with Crippen LogP contribution in [0.4, 0.5) is 13.2 Å². The van der Waals surface area contributed by atoms with Gasteiger partial charge in [-0.1, -0.05) is 6.42 Å². The van der Waals surface area contributed by atoms with Crippen LogP contribution in [-0.2, 0) is 0 Å². The number of rotatable bonds is 4. The van der Waals surface area contributed by atoms with E-state index in [0.717, 1.165) is 25.8 Å². The first-order valence-corrected chi connectivity index (χ1v) is 4.69. The molecule has 1 aliphatic carbocycles. The van der Waals surface area contributed by atoms with Crippen LogP contribution in [0.2, 0.25) is 0 Å². The van der Waals surface area contributed by atoms with Gasteiger partial charge in [-0.2, -0.15) is 13.2 Å². The molecule has 78 valence electrons. The molecule has 0 aromatic heterocycles. The van der Waals surface area contributed by atoms with Crippen LogP contribution in [0, 0.1) is 5.41 Å². The molecule has 0 aromatic rings. The molecule has 1 rings (SSSR count). The molecule has 1 nitrogen and oxygen atoms in total. The number of halogens is 3. The lowest BCUT2D eigenvalue weighted by Crippen LogP contribution is -2.39. The van der Waals surface area contributed by atoms with Crippen LogP contribution in [0.3, 0.4) is 0 Å². The summed E-state index contributed by atoms with van der Waals surface area (Å²) in [6.45, 7) is 0.725. The molecule has 0 aromatic carbocycles. The zero-order chi connectivity index (χ0) is 9.95. The average Bonchev–Trinajstić information content (AvgIpc) is 1.92. The Kier molecular flexibility index (Phi) is 3.22. The van der Waals surface area contributed by atoms with Crippen LogP contribution in [-0.4, -0.2) is 19.8 Å². The van der Waals surface area contributed by atoms with Crippen molar-refractivity contribution in [2.24, 2.45) is 5.41 Å². The van der Waals surface area contributed by atoms with Crippen LogP contribution < -0.4 is 5.32 Å². The second kappa shape index (κ2) is 3.86. The van der Waals surface area contributed by atoms with Gasteiger partial charge in [-0.05, 0) is 31.7 Å². The zero-order valence-corrected chi connectivity index (χ0v) is 7.88. The normalized spacial score (nSPS) is 21.2. The summed E-state index contributed by atoms with van der Waals surface area (Å²) in [7, 11) is 1.80. The quantitative estimate of drug-likeness (QED) is 0.727. The molecule has 0 spiro atoms. The van der Waals surface area contributed by atoms with E-state index in [9.17, 15) is 13.2 Å². The summed E-state index contributed by atoms with van der Waals surface area (Å²) in [4.78, 5) is 0. The molecular weight excluding hydrogens is 179 g/mol. The highest BCUT2D eigenvalue weighted by atomic mass is 19.4. The Labute approximate surface area is 76.7 Å². The fraction of sp³-hybridized carbons (Fsp3) is 1.00. The Morgan fingerprint density at radius 3 is 2.23 bits per heavy atom. The van der Waals surface area contributed by atoms with Crippen molar-refractivity contribution in [1.82, 2.24) is 5.32 Å². The van der Waals surface area contributed by atoms with Gasteiger partial charge in [0, 0.05) is 13.0 Å². The van der Waals surface area contributed by atoms with E-state index in [-0.39, 0.29) is 11.8 Å². The highest BCUT2D eigenvalue weighted by Gasteiger charge is 2.39. The maximum absolute atomic E-state index is 12.0. The first-order valence-electron chi connectivity index (χ1n) is 4.69. The van der Waals surface area contributed by atoms with Crippen molar-refractivity contribution in [3.8, 4) is 0 Å². The third kappa shape index (κ3) is 3.18. The smallest absolute Gasteiger partial charge is 0.319 e. The largest absolute Gasteiger partial charge is 0.389 e. The lowest BCUT2D eigenvalue weighted by Gasteiger charge is -2.42. The van der Waals surface area contributed by atoms with E-state index in [1.807, 2.05) is 0 Å². The van der Waals surface area contributed by atoms with Gasteiger partial charge < -0.3 is 5.32 Å². The van der Waals surface area contributed by atoms with Crippen molar-refractivity contribution in [2.75, 3.05) is 13.6 Å². The van der Waals surface area contributed by atoms with Crippen LogP contribution >= 0.6 is 0 Å². The zero-order valence-electron chi connectivity index (χ0n) is 7.88. The lowest BCUT2D eigenvalue weighted by atomic mass is 9.66. The summed E-state index contributed by atoms with van der Waals surface area (Å²) in [6.07, 6.45) is -1.35. The summed E-state index contributed by atoms with van der Waals surface area (Å²) in [5.41, 5.74) is -0.0513. The van der Waals surface area contributed by atoms with Crippen molar-refractivity contribution in [3.63, 3.8) is 0 Å². The maximum atomic E-state index is 12.0. The summed E-state index contributed by atoms with van der Waals surface area (Å²) in [5.74, 6) is 0. The van der Waals surface area contributed by atoms with Gasteiger partial charge in [0.25, 0.3) is 0 Å². The van der Waals surface area contributed by atoms with Gasteiger partial charge in [-0.25, -0.2) is 0 Å². The lowest BCUT2D eigenvalue weighted by molar-refractivity contribution is -0.143. The van der Waals surface area contributed by atoms with Crippen LogP contribution in [0.1, 0.15) is 32.1 Å². The molecule has 0 unspecified atom stereocenters. The molecule has 0 radical (unpaired) electrons. The van der Waals surface area contributed by atoms with E-state index in [4.69, 9.17) is 0 Å². The molecule has 13 heavy (non-hydrogen) atoms.